The molecule has 6 aliphatic rings. The molecule has 0 unspecified atom stereocenters. The molecule has 5 aliphatic carbocycles. The van der Waals surface area contributed by atoms with Crippen molar-refractivity contribution in [3.05, 3.63) is 100 Å². The quantitative estimate of drug-likeness (QED) is 0.307. The van der Waals surface area contributed by atoms with E-state index in [9.17, 15) is 0 Å². The van der Waals surface area contributed by atoms with Crippen LogP contribution in [0.1, 0.15) is 97.1 Å². The molecule has 2 fully saturated rings. The highest BCUT2D eigenvalue weighted by Crippen LogP contribution is 2.58. The predicted octanol–water partition coefficient (Wildman–Crippen LogP) is 8.02. The third-order valence-electron chi connectivity index (χ3n) is 11.9. The van der Waals surface area contributed by atoms with Crippen molar-refractivity contribution in [2.24, 2.45) is 5.92 Å². The van der Waals surface area contributed by atoms with E-state index in [2.05, 4.69) is 91.0 Å². The normalized spacial score (nSPS) is 29.9. The Balaban J connectivity index is 0.000000147. The lowest BCUT2D eigenvalue weighted by atomic mass is 9.52. The molecule has 3 atom stereocenters. The van der Waals surface area contributed by atoms with Crippen LogP contribution in [0, 0.1) is 5.92 Å². The number of fused-ring (bicyclic) bond motifs is 2. The molecule has 224 valence electrons. The molecule has 4 heteroatoms. The van der Waals surface area contributed by atoms with Crippen LogP contribution in [0.3, 0.4) is 0 Å². The first-order chi connectivity index (χ1) is 20.1. The Morgan fingerprint density at radius 3 is 2.33 bits per heavy atom. The van der Waals surface area contributed by atoms with Gasteiger partial charge in [-0.2, -0.15) is 0 Å². The van der Waals surface area contributed by atoms with Crippen LogP contribution in [0.4, 0.5) is 0 Å². The molecular weight excluding hydrogens is 536 g/mol. The molecule has 1 N–H and O–H groups in total. The van der Waals surface area contributed by atoms with Gasteiger partial charge in [0.15, 0.2) is 0 Å². The van der Waals surface area contributed by atoms with Gasteiger partial charge in [-0.1, -0.05) is 67.4 Å². The average molecular weight is 585 g/mol. The number of nitrogens with zero attached hydrogens (tertiary/aromatic N) is 1. The molecule has 3 aromatic rings. The van der Waals surface area contributed by atoms with E-state index in [-0.39, 0.29) is 17.8 Å². The molecular formula is C38H49ClN2O. The highest BCUT2D eigenvalue weighted by Gasteiger charge is 2.53. The van der Waals surface area contributed by atoms with Crippen LogP contribution in [0.15, 0.2) is 66.7 Å². The molecule has 42 heavy (non-hydrogen) atoms. The topological polar surface area (TPSA) is 24.5 Å². The lowest BCUT2D eigenvalue weighted by Gasteiger charge is -2.58. The van der Waals surface area contributed by atoms with Gasteiger partial charge >= 0.3 is 0 Å². The maximum absolute atomic E-state index is 5.51. The van der Waals surface area contributed by atoms with Gasteiger partial charge in [-0.05, 0) is 130 Å². The second kappa shape index (κ2) is 12.0. The number of rotatable bonds is 5. The molecule has 4 bridgehead atoms. The summed E-state index contributed by atoms with van der Waals surface area (Å²) in [6, 6.07) is 26.0. The molecule has 0 amide bonds. The van der Waals surface area contributed by atoms with Gasteiger partial charge in [0.05, 0.1) is 7.11 Å². The Morgan fingerprint density at radius 1 is 0.881 bits per heavy atom. The lowest BCUT2D eigenvalue weighted by Crippen LogP contribution is -2.59. The van der Waals surface area contributed by atoms with Gasteiger partial charge in [-0.25, -0.2) is 0 Å². The number of halogens is 1. The van der Waals surface area contributed by atoms with Gasteiger partial charge in [0.1, 0.15) is 5.75 Å². The highest BCUT2D eigenvalue weighted by atomic mass is 35.5. The molecule has 1 aliphatic heterocycles. The molecule has 1 heterocycles. The molecule has 1 saturated heterocycles. The summed E-state index contributed by atoms with van der Waals surface area (Å²) in [6.45, 7) is 2.37. The van der Waals surface area contributed by atoms with Gasteiger partial charge in [0.25, 0.3) is 0 Å². The van der Waals surface area contributed by atoms with Gasteiger partial charge in [0.2, 0.25) is 0 Å². The van der Waals surface area contributed by atoms with Crippen molar-refractivity contribution in [3.63, 3.8) is 0 Å². The predicted molar refractivity (Wildman–Crippen MR) is 177 cm³/mol. The fraction of sp³-hybridized carbons (Fsp3) is 0.526. The summed E-state index contributed by atoms with van der Waals surface area (Å²) < 4.78 is 5.51. The van der Waals surface area contributed by atoms with Crippen molar-refractivity contribution in [1.82, 2.24) is 10.2 Å². The van der Waals surface area contributed by atoms with Crippen molar-refractivity contribution >= 4 is 12.4 Å². The first-order valence-corrected chi connectivity index (χ1v) is 16.3. The van der Waals surface area contributed by atoms with Crippen LogP contribution in [0.5, 0.6) is 5.75 Å². The number of hydrogen-bond donors (Lipinski definition) is 1. The van der Waals surface area contributed by atoms with Gasteiger partial charge < -0.3 is 15.0 Å². The number of methoxy groups -OCH3 is 1. The summed E-state index contributed by atoms with van der Waals surface area (Å²) in [4.78, 5) is 2.63. The number of likely N-dealkylation sites (tertiary alicyclic amines) is 1. The number of likely N-dealkylation sites (N-methyl/N-ethyl adjacent to an activating group) is 1. The zero-order valence-electron chi connectivity index (χ0n) is 25.8. The molecule has 9 rings (SSSR count). The second-order valence-corrected chi connectivity index (χ2v) is 13.6. The minimum absolute atomic E-state index is 0. The SMILES string of the molecule is CNCCCC12CCC(c3ccccc31)c1ccccc12.COc1ccc2c(c1)[C@]13CCCC[C@@H]1[C@H](C2)N(C)CC3.Cl. The average Bonchev–Trinajstić information content (AvgIpc) is 3.03. The fourth-order valence-corrected chi connectivity index (χ4v) is 10.0. The van der Waals surface area contributed by atoms with E-state index in [1.807, 2.05) is 0 Å². The van der Waals surface area contributed by atoms with E-state index >= 15 is 0 Å². The van der Waals surface area contributed by atoms with Crippen molar-refractivity contribution in [2.45, 2.75) is 87.0 Å². The van der Waals surface area contributed by atoms with Crippen molar-refractivity contribution in [2.75, 3.05) is 34.3 Å². The number of ether oxygens (including phenoxy) is 1. The summed E-state index contributed by atoms with van der Waals surface area (Å²) in [7, 11) is 6.17. The minimum Gasteiger partial charge on any atom is -0.497 e. The molecule has 3 nitrogen and oxygen atoms in total. The number of benzene rings is 3. The van der Waals surface area contributed by atoms with Crippen LogP contribution in [-0.4, -0.2) is 45.2 Å². The van der Waals surface area contributed by atoms with Crippen LogP contribution >= 0.6 is 12.4 Å². The third kappa shape index (κ3) is 4.62. The lowest BCUT2D eigenvalue weighted by molar-refractivity contribution is 0.00274. The second-order valence-electron chi connectivity index (χ2n) is 13.6. The van der Waals surface area contributed by atoms with E-state index in [1.165, 1.54) is 70.8 Å². The number of piperidine rings is 1. The summed E-state index contributed by atoms with van der Waals surface area (Å²) in [6.07, 6.45) is 13.3. The molecule has 0 spiro atoms. The summed E-state index contributed by atoms with van der Waals surface area (Å²) in [5.74, 6) is 2.54. The van der Waals surface area contributed by atoms with E-state index in [0.717, 1.165) is 24.3 Å². The van der Waals surface area contributed by atoms with E-state index in [1.54, 1.807) is 40.5 Å². The zero-order chi connectivity index (χ0) is 28.0. The summed E-state index contributed by atoms with van der Waals surface area (Å²) in [5, 5.41) is 3.31. The smallest absolute Gasteiger partial charge is 0.119 e. The standard InChI is InChI=1S/C20H23N.C18H25NO.ClH/c1-21-14-6-12-20-13-11-15(16-7-2-4-9-18(16)20)17-8-3-5-10-19(17)20;1-19-10-9-18-8-4-3-5-15(18)17(19)11-13-6-7-14(20-2)12-16(13)18;/h2-5,7-10,15,21H,6,11-14H2,1H3;6-7,12,15,17H,3-5,8-11H2,1-2H3;1H/t;15-,17+,18+;/m.1./s1. The van der Waals surface area contributed by atoms with Crippen LogP contribution in [0.2, 0.25) is 0 Å². The van der Waals surface area contributed by atoms with E-state index in [0.29, 0.717) is 11.3 Å². The third-order valence-corrected chi connectivity index (χ3v) is 11.9. The largest absolute Gasteiger partial charge is 0.497 e. The summed E-state index contributed by atoms with van der Waals surface area (Å²) >= 11 is 0. The van der Waals surface area contributed by atoms with Crippen molar-refractivity contribution < 1.29 is 4.74 Å². The van der Waals surface area contributed by atoms with Gasteiger partial charge in [-0.3, -0.25) is 0 Å². The first kappa shape index (κ1) is 29.7. The van der Waals surface area contributed by atoms with Crippen LogP contribution in [0.25, 0.3) is 0 Å². The monoisotopic (exact) mass is 584 g/mol. The van der Waals surface area contributed by atoms with Gasteiger partial charge in [0, 0.05) is 22.8 Å². The maximum Gasteiger partial charge on any atom is 0.119 e. The van der Waals surface area contributed by atoms with E-state index in [4.69, 9.17) is 4.74 Å². The van der Waals surface area contributed by atoms with E-state index < -0.39 is 0 Å². The Labute approximate surface area is 259 Å². The maximum atomic E-state index is 5.51. The first-order valence-electron chi connectivity index (χ1n) is 16.3. The molecule has 3 aromatic carbocycles. The minimum atomic E-state index is 0. The Bertz CT molecular complexity index is 1360. The molecule has 0 radical (unpaired) electrons. The van der Waals surface area contributed by atoms with Crippen molar-refractivity contribution in [1.29, 1.82) is 0 Å². The molecule has 0 aromatic heterocycles. The number of hydrogen-bond acceptors (Lipinski definition) is 3. The summed E-state index contributed by atoms with van der Waals surface area (Å²) in [5.41, 5.74) is 10.3. The zero-order valence-corrected chi connectivity index (χ0v) is 26.6. The van der Waals surface area contributed by atoms with Crippen molar-refractivity contribution in [3.8, 4) is 5.75 Å². The van der Waals surface area contributed by atoms with Crippen LogP contribution in [-0.2, 0) is 17.3 Å². The fourth-order valence-electron chi connectivity index (χ4n) is 10.0. The Hall–Kier alpha value is -2.33. The molecule has 1 saturated carbocycles. The Morgan fingerprint density at radius 2 is 1.62 bits per heavy atom. The van der Waals surface area contributed by atoms with Gasteiger partial charge in [-0.15, -0.1) is 12.4 Å². The highest BCUT2D eigenvalue weighted by molar-refractivity contribution is 5.85. The Kier molecular flexibility index (Phi) is 8.48. The van der Waals surface area contributed by atoms with Crippen LogP contribution < -0.4 is 10.1 Å². The number of nitrogens with one attached hydrogen (secondary N) is 1.